The van der Waals surface area contributed by atoms with Gasteiger partial charge in [-0.1, -0.05) is 0 Å². The van der Waals surface area contributed by atoms with E-state index in [-0.39, 0.29) is 5.95 Å². The number of methoxy groups -OCH3 is 2. The van der Waals surface area contributed by atoms with Gasteiger partial charge in [0.05, 0.1) is 13.2 Å². The predicted molar refractivity (Wildman–Crippen MR) is 69.8 cm³/mol. The summed E-state index contributed by atoms with van der Waals surface area (Å²) in [5.41, 5.74) is 5.69. The molecule has 2 N–H and O–H groups in total. The molecule has 100 valence electrons. The molecule has 0 radical (unpaired) electrons. The van der Waals surface area contributed by atoms with Crippen molar-refractivity contribution >= 4 is 11.8 Å². The maximum absolute atomic E-state index is 5.69. The Labute approximate surface area is 107 Å². The average molecular weight is 252 g/mol. The summed E-state index contributed by atoms with van der Waals surface area (Å²) in [5, 5.41) is 0. The summed E-state index contributed by atoms with van der Waals surface area (Å²) in [6.45, 7) is 3.06. The van der Waals surface area contributed by atoms with E-state index in [0.717, 1.165) is 25.2 Å². The maximum atomic E-state index is 5.69. The number of rotatable bonds is 3. The van der Waals surface area contributed by atoms with Crippen LogP contribution in [0.5, 0.6) is 5.88 Å². The molecule has 1 saturated heterocycles. The van der Waals surface area contributed by atoms with E-state index in [0.29, 0.717) is 18.0 Å². The van der Waals surface area contributed by atoms with Gasteiger partial charge in [-0.15, -0.1) is 0 Å². The molecule has 0 aliphatic carbocycles. The van der Waals surface area contributed by atoms with Crippen LogP contribution in [0.4, 0.5) is 11.8 Å². The van der Waals surface area contributed by atoms with Crippen LogP contribution in [0.2, 0.25) is 0 Å². The molecule has 18 heavy (non-hydrogen) atoms. The van der Waals surface area contributed by atoms with Gasteiger partial charge in [-0.25, -0.2) is 0 Å². The van der Waals surface area contributed by atoms with E-state index >= 15 is 0 Å². The zero-order valence-corrected chi connectivity index (χ0v) is 11.1. The number of nitrogens with zero attached hydrogens (tertiary/aromatic N) is 3. The summed E-state index contributed by atoms with van der Waals surface area (Å²) >= 11 is 0. The summed E-state index contributed by atoms with van der Waals surface area (Å²) in [6.07, 6.45) is 2.31. The molecule has 1 fully saturated rings. The second-order valence-electron chi connectivity index (χ2n) is 4.55. The lowest BCUT2D eigenvalue weighted by Gasteiger charge is -2.37. The Balaban J connectivity index is 2.18. The van der Waals surface area contributed by atoms with Crippen molar-refractivity contribution in [3.05, 3.63) is 6.07 Å². The van der Waals surface area contributed by atoms with Gasteiger partial charge in [0.15, 0.2) is 0 Å². The molecule has 6 nitrogen and oxygen atoms in total. The second kappa shape index (κ2) is 5.39. The highest BCUT2D eigenvalue weighted by molar-refractivity contribution is 5.46. The molecule has 2 atom stereocenters. The van der Waals surface area contributed by atoms with Gasteiger partial charge in [-0.05, 0) is 19.8 Å². The maximum Gasteiger partial charge on any atom is 0.225 e. The summed E-state index contributed by atoms with van der Waals surface area (Å²) in [6, 6.07) is 2.18. The Morgan fingerprint density at radius 2 is 2.17 bits per heavy atom. The number of nitrogens with two attached hydrogens (primary N) is 1. The van der Waals surface area contributed by atoms with E-state index in [1.165, 1.54) is 0 Å². The Hall–Kier alpha value is -1.56. The minimum Gasteiger partial charge on any atom is -0.481 e. The molecule has 0 amide bonds. The number of hydrogen-bond acceptors (Lipinski definition) is 6. The zero-order chi connectivity index (χ0) is 13.1. The van der Waals surface area contributed by atoms with E-state index < -0.39 is 0 Å². The number of ether oxygens (including phenoxy) is 2. The highest BCUT2D eigenvalue weighted by Crippen LogP contribution is 2.26. The molecule has 1 aromatic rings. The van der Waals surface area contributed by atoms with Gasteiger partial charge < -0.3 is 20.1 Å². The van der Waals surface area contributed by atoms with Crippen molar-refractivity contribution < 1.29 is 9.47 Å². The van der Waals surface area contributed by atoms with Gasteiger partial charge in [-0.2, -0.15) is 9.97 Å². The van der Waals surface area contributed by atoms with Crippen molar-refractivity contribution in [1.29, 1.82) is 0 Å². The number of hydrogen-bond donors (Lipinski definition) is 1. The minimum atomic E-state index is 0.241. The molecular formula is C12H20N4O2. The van der Waals surface area contributed by atoms with Gasteiger partial charge >= 0.3 is 0 Å². The fourth-order valence-corrected chi connectivity index (χ4v) is 2.37. The molecule has 0 bridgehead atoms. The summed E-state index contributed by atoms with van der Waals surface area (Å²) in [4.78, 5) is 10.5. The highest BCUT2D eigenvalue weighted by atomic mass is 16.5. The van der Waals surface area contributed by atoms with Crippen molar-refractivity contribution in [2.45, 2.75) is 31.9 Å². The standard InChI is InChI=1S/C12H20N4O2/c1-8-6-9(17-2)4-5-16(8)10-7-11(18-3)15-12(13)14-10/h7-9H,4-6H2,1-3H3,(H2,13,14,15). The molecule has 0 spiro atoms. The highest BCUT2D eigenvalue weighted by Gasteiger charge is 2.26. The zero-order valence-electron chi connectivity index (χ0n) is 11.1. The molecule has 1 aromatic heterocycles. The molecule has 0 aromatic carbocycles. The van der Waals surface area contributed by atoms with Gasteiger partial charge in [0.25, 0.3) is 0 Å². The quantitative estimate of drug-likeness (QED) is 0.867. The van der Waals surface area contributed by atoms with Gasteiger partial charge in [0.1, 0.15) is 5.82 Å². The molecule has 2 rings (SSSR count). The van der Waals surface area contributed by atoms with E-state index in [2.05, 4.69) is 21.8 Å². The number of piperidine rings is 1. The van der Waals surface area contributed by atoms with Crippen molar-refractivity contribution in [2.24, 2.45) is 0 Å². The Morgan fingerprint density at radius 3 is 2.78 bits per heavy atom. The van der Waals surface area contributed by atoms with Crippen LogP contribution in [-0.4, -0.2) is 42.9 Å². The first-order chi connectivity index (χ1) is 8.63. The van der Waals surface area contributed by atoms with Crippen molar-refractivity contribution in [3.63, 3.8) is 0 Å². The van der Waals surface area contributed by atoms with Crippen LogP contribution >= 0.6 is 0 Å². The first-order valence-electron chi connectivity index (χ1n) is 6.12. The number of nitrogen functional groups attached to an aromatic ring is 1. The van der Waals surface area contributed by atoms with E-state index in [9.17, 15) is 0 Å². The van der Waals surface area contributed by atoms with Crippen LogP contribution in [0.1, 0.15) is 19.8 Å². The van der Waals surface area contributed by atoms with Crippen LogP contribution in [0, 0.1) is 0 Å². The van der Waals surface area contributed by atoms with Crippen LogP contribution in [0.25, 0.3) is 0 Å². The lowest BCUT2D eigenvalue weighted by atomic mass is 10.0. The van der Waals surface area contributed by atoms with Crippen molar-refractivity contribution in [2.75, 3.05) is 31.4 Å². The van der Waals surface area contributed by atoms with Crippen molar-refractivity contribution in [3.8, 4) is 5.88 Å². The Bertz CT molecular complexity index is 413. The van der Waals surface area contributed by atoms with Crippen LogP contribution in [0.15, 0.2) is 6.07 Å². The summed E-state index contributed by atoms with van der Waals surface area (Å²) in [5.74, 6) is 1.56. The third kappa shape index (κ3) is 2.64. The van der Waals surface area contributed by atoms with Crippen LogP contribution < -0.4 is 15.4 Å². The first kappa shape index (κ1) is 12.9. The van der Waals surface area contributed by atoms with Crippen molar-refractivity contribution in [1.82, 2.24) is 9.97 Å². The van der Waals surface area contributed by atoms with Gasteiger partial charge in [0, 0.05) is 25.8 Å². The molecule has 1 aliphatic heterocycles. The molecular weight excluding hydrogens is 232 g/mol. The predicted octanol–water partition coefficient (Wildman–Crippen LogP) is 1.07. The monoisotopic (exact) mass is 252 g/mol. The topological polar surface area (TPSA) is 73.5 Å². The van der Waals surface area contributed by atoms with Gasteiger partial charge in [0.2, 0.25) is 11.8 Å². The number of anilines is 2. The third-order valence-electron chi connectivity index (χ3n) is 3.37. The first-order valence-corrected chi connectivity index (χ1v) is 6.12. The normalized spacial score (nSPS) is 24.1. The molecule has 2 unspecified atom stereocenters. The lowest BCUT2D eigenvalue weighted by Crippen LogP contribution is -2.43. The second-order valence-corrected chi connectivity index (χ2v) is 4.55. The summed E-state index contributed by atoms with van der Waals surface area (Å²) in [7, 11) is 3.34. The number of aromatic nitrogens is 2. The van der Waals surface area contributed by atoms with E-state index in [1.54, 1.807) is 14.2 Å². The third-order valence-corrected chi connectivity index (χ3v) is 3.37. The van der Waals surface area contributed by atoms with Crippen LogP contribution in [0.3, 0.4) is 0 Å². The molecule has 2 heterocycles. The molecule has 6 heteroatoms. The largest absolute Gasteiger partial charge is 0.481 e. The smallest absolute Gasteiger partial charge is 0.225 e. The summed E-state index contributed by atoms with van der Waals surface area (Å²) < 4.78 is 10.5. The fourth-order valence-electron chi connectivity index (χ4n) is 2.37. The fraction of sp³-hybridized carbons (Fsp3) is 0.667. The Kier molecular flexibility index (Phi) is 3.86. The molecule has 0 saturated carbocycles. The van der Waals surface area contributed by atoms with Gasteiger partial charge in [-0.3, -0.25) is 0 Å². The molecule has 1 aliphatic rings. The van der Waals surface area contributed by atoms with Crippen LogP contribution in [-0.2, 0) is 4.74 Å². The SMILES string of the molecule is COc1cc(N2CCC(OC)CC2C)nc(N)n1. The van der Waals surface area contributed by atoms with E-state index in [4.69, 9.17) is 15.2 Å². The lowest BCUT2D eigenvalue weighted by molar-refractivity contribution is 0.0719. The average Bonchev–Trinajstić information content (AvgIpc) is 2.37. The Morgan fingerprint density at radius 1 is 1.39 bits per heavy atom. The minimum absolute atomic E-state index is 0.241. The van der Waals surface area contributed by atoms with E-state index in [1.807, 2.05) is 6.07 Å².